The predicted molar refractivity (Wildman–Crippen MR) is 143 cm³/mol. The van der Waals surface area contributed by atoms with Crippen molar-refractivity contribution in [1.29, 1.82) is 0 Å². The van der Waals surface area contributed by atoms with E-state index in [4.69, 9.17) is 0 Å². The van der Waals surface area contributed by atoms with Gasteiger partial charge in [-0.05, 0) is 84.2 Å². The van der Waals surface area contributed by atoms with Crippen LogP contribution in [0.5, 0.6) is 0 Å². The molecule has 174 valence electrons. The second kappa shape index (κ2) is 10.5. The Hall–Kier alpha value is -3.01. The third kappa shape index (κ3) is 5.55. The van der Waals surface area contributed by atoms with Crippen LogP contribution in [0.1, 0.15) is 75.3 Å². The summed E-state index contributed by atoms with van der Waals surface area (Å²) >= 11 is 1.58. The van der Waals surface area contributed by atoms with E-state index in [0.29, 0.717) is 6.42 Å². The summed E-state index contributed by atoms with van der Waals surface area (Å²) in [4.78, 5) is 15.0. The van der Waals surface area contributed by atoms with Crippen LogP contribution in [0.3, 0.4) is 0 Å². The molecule has 2 nitrogen and oxygen atoms in total. The van der Waals surface area contributed by atoms with Crippen molar-refractivity contribution in [2.75, 3.05) is 0 Å². The van der Waals surface area contributed by atoms with Crippen molar-refractivity contribution in [3.63, 3.8) is 0 Å². The Morgan fingerprint density at radius 3 is 2.35 bits per heavy atom. The zero-order chi connectivity index (χ0) is 24.2. The molecule has 4 aromatic rings. The number of hydrogen-bond acceptors (Lipinski definition) is 3. The predicted octanol–water partition coefficient (Wildman–Crippen LogP) is 8.05. The van der Waals surface area contributed by atoms with Gasteiger partial charge in [0.15, 0.2) is 5.78 Å². The molecule has 0 fully saturated rings. The van der Waals surface area contributed by atoms with Crippen LogP contribution in [0.15, 0.2) is 78.9 Å². The summed E-state index contributed by atoms with van der Waals surface area (Å²) < 4.78 is 0. The van der Waals surface area contributed by atoms with Gasteiger partial charge in [-0.1, -0.05) is 73.7 Å². The fourth-order valence-corrected chi connectivity index (χ4v) is 5.42. The molecule has 0 amide bonds. The van der Waals surface area contributed by atoms with Crippen LogP contribution in [-0.2, 0) is 6.42 Å². The topological polar surface area (TPSA) is 37.3 Å². The van der Waals surface area contributed by atoms with Crippen molar-refractivity contribution < 1.29 is 9.90 Å². The zero-order valence-corrected chi connectivity index (χ0v) is 21.2. The number of rotatable bonds is 8. The zero-order valence-electron chi connectivity index (χ0n) is 20.3. The van der Waals surface area contributed by atoms with E-state index in [0.717, 1.165) is 27.3 Å². The molecule has 3 heteroatoms. The van der Waals surface area contributed by atoms with Crippen molar-refractivity contribution in [1.82, 2.24) is 0 Å². The van der Waals surface area contributed by atoms with Gasteiger partial charge in [-0.2, -0.15) is 0 Å². The minimum absolute atomic E-state index is 0.193. The smallest absolute Gasteiger partial charge is 0.173 e. The number of ketones is 1. The summed E-state index contributed by atoms with van der Waals surface area (Å²) in [5.41, 5.74) is 8.28. The molecule has 1 heterocycles. The average molecular weight is 469 g/mol. The van der Waals surface area contributed by atoms with Crippen LogP contribution >= 0.6 is 11.3 Å². The van der Waals surface area contributed by atoms with E-state index >= 15 is 0 Å². The summed E-state index contributed by atoms with van der Waals surface area (Å²) in [6.45, 7) is 8.20. The molecule has 0 radical (unpaired) electrons. The normalized spacial score (nSPS) is 13.0. The van der Waals surface area contributed by atoms with E-state index in [1.807, 2.05) is 18.2 Å². The maximum atomic E-state index is 13.1. The lowest BCUT2D eigenvalue weighted by molar-refractivity contribution is 0.0979. The minimum Gasteiger partial charge on any atom is -0.389 e. The highest BCUT2D eigenvalue weighted by molar-refractivity contribution is 7.17. The number of aliphatic hydroxyl groups is 1. The number of benzene rings is 3. The Morgan fingerprint density at radius 2 is 1.59 bits per heavy atom. The van der Waals surface area contributed by atoms with Crippen molar-refractivity contribution in [2.24, 2.45) is 0 Å². The van der Waals surface area contributed by atoms with Gasteiger partial charge in [-0.3, -0.25) is 4.79 Å². The molecule has 3 aromatic carbocycles. The molecule has 0 aliphatic carbocycles. The van der Waals surface area contributed by atoms with Gasteiger partial charge < -0.3 is 5.11 Å². The lowest BCUT2D eigenvalue weighted by Crippen LogP contribution is -2.05. The van der Waals surface area contributed by atoms with Gasteiger partial charge in [0.1, 0.15) is 0 Å². The largest absolute Gasteiger partial charge is 0.389 e. The molecule has 0 aliphatic heterocycles. The van der Waals surface area contributed by atoms with E-state index in [1.165, 1.54) is 27.8 Å². The van der Waals surface area contributed by atoms with E-state index in [1.54, 1.807) is 18.3 Å². The molecule has 2 atom stereocenters. The highest BCUT2D eigenvalue weighted by Crippen LogP contribution is 2.32. The van der Waals surface area contributed by atoms with Crippen LogP contribution in [0.25, 0.3) is 10.4 Å². The van der Waals surface area contributed by atoms with E-state index in [9.17, 15) is 9.90 Å². The Labute approximate surface area is 206 Å². The molecule has 0 aliphatic rings. The number of thiophene rings is 1. The second-order valence-electron chi connectivity index (χ2n) is 9.28. The Morgan fingerprint density at radius 1 is 0.882 bits per heavy atom. The number of carbonyl (C=O) groups excluding carboxylic acids is 1. The van der Waals surface area contributed by atoms with Gasteiger partial charge in [-0.15, -0.1) is 11.3 Å². The van der Waals surface area contributed by atoms with Gasteiger partial charge in [0.05, 0.1) is 11.0 Å². The molecule has 1 aromatic heterocycles. The van der Waals surface area contributed by atoms with Crippen LogP contribution < -0.4 is 0 Å². The fourth-order valence-electron chi connectivity index (χ4n) is 4.47. The number of hydrogen-bond donors (Lipinski definition) is 1. The Kier molecular flexibility index (Phi) is 7.45. The first-order valence-corrected chi connectivity index (χ1v) is 12.7. The first-order valence-electron chi connectivity index (χ1n) is 11.9. The fraction of sp³-hybridized carbons (Fsp3) is 0.258. The van der Waals surface area contributed by atoms with E-state index in [2.05, 4.69) is 81.4 Å². The lowest BCUT2D eigenvalue weighted by atomic mass is 9.90. The summed E-state index contributed by atoms with van der Waals surface area (Å²) in [7, 11) is 0. The van der Waals surface area contributed by atoms with Gasteiger partial charge in [0.25, 0.3) is 0 Å². The Balaban J connectivity index is 1.48. The monoisotopic (exact) mass is 468 g/mol. The standard InChI is InChI=1S/C31H32O2S/c1-20-8-5-13-28(22(20)3)21(2)16-29(33)31-15-14-30(34-31)27-12-7-10-25(19-27)17-24-9-6-11-26(18-24)23(4)32/h5-15,18-19,21,23,32H,16-17H2,1-4H3. The summed E-state index contributed by atoms with van der Waals surface area (Å²) in [5.74, 6) is 0.398. The molecule has 2 unspecified atom stereocenters. The molecular weight excluding hydrogens is 436 g/mol. The van der Waals surface area contributed by atoms with Crippen LogP contribution in [0.4, 0.5) is 0 Å². The third-order valence-electron chi connectivity index (χ3n) is 6.60. The SMILES string of the molecule is Cc1cccc(C(C)CC(=O)c2ccc(-c3cccc(Cc4cccc(C(C)O)c4)c3)s2)c1C. The Bertz CT molecular complexity index is 1300. The van der Waals surface area contributed by atoms with Gasteiger partial charge >= 0.3 is 0 Å². The maximum absolute atomic E-state index is 13.1. The van der Waals surface area contributed by atoms with Crippen molar-refractivity contribution in [3.05, 3.63) is 117 Å². The van der Waals surface area contributed by atoms with Crippen LogP contribution in [0, 0.1) is 13.8 Å². The highest BCUT2D eigenvalue weighted by atomic mass is 32.1. The second-order valence-corrected chi connectivity index (χ2v) is 10.4. The maximum Gasteiger partial charge on any atom is 0.173 e. The molecule has 0 saturated heterocycles. The molecule has 0 bridgehead atoms. The molecule has 4 rings (SSSR count). The quantitative estimate of drug-likeness (QED) is 0.266. The number of carbonyl (C=O) groups is 1. The first kappa shape index (κ1) is 24.1. The molecule has 1 N–H and O–H groups in total. The summed E-state index contributed by atoms with van der Waals surface area (Å²) in [5, 5.41) is 9.87. The summed E-state index contributed by atoms with van der Waals surface area (Å²) in [6, 6.07) is 27.0. The highest BCUT2D eigenvalue weighted by Gasteiger charge is 2.17. The molecule has 0 spiro atoms. The molecule has 34 heavy (non-hydrogen) atoms. The van der Waals surface area contributed by atoms with E-state index in [-0.39, 0.29) is 11.7 Å². The van der Waals surface area contributed by atoms with Crippen LogP contribution in [0.2, 0.25) is 0 Å². The number of aryl methyl sites for hydroxylation is 1. The third-order valence-corrected chi connectivity index (χ3v) is 7.78. The molecular formula is C31H32O2S. The van der Waals surface area contributed by atoms with Gasteiger partial charge in [0.2, 0.25) is 0 Å². The lowest BCUT2D eigenvalue weighted by Gasteiger charge is -2.15. The first-order chi connectivity index (χ1) is 16.3. The van der Waals surface area contributed by atoms with Crippen molar-refractivity contribution in [3.8, 4) is 10.4 Å². The van der Waals surface area contributed by atoms with E-state index < -0.39 is 6.10 Å². The average Bonchev–Trinajstić information content (AvgIpc) is 3.32. The van der Waals surface area contributed by atoms with Crippen LogP contribution in [-0.4, -0.2) is 10.9 Å². The number of aliphatic hydroxyl groups excluding tert-OH is 1. The van der Waals surface area contributed by atoms with Crippen molar-refractivity contribution in [2.45, 2.75) is 52.6 Å². The number of Topliss-reactive ketones (excluding diaryl/α,β-unsaturated/α-hetero) is 1. The molecule has 0 saturated carbocycles. The van der Waals surface area contributed by atoms with Gasteiger partial charge in [0, 0.05) is 11.3 Å². The van der Waals surface area contributed by atoms with Crippen molar-refractivity contribution >= 4 is 17.1 Å². The summed E-state index contributed by atoms with van der Waals surface area (Å²) in [6.07, 6.45) is 0.855. The minimum atomic E-state index is -0.467. The van der Waals surface area contributed by atoms with Gasteiger partial charge in [-0.25, -0.2) is 0 Å².